The van der Waals surface area contributed by atoms with E-state index < -0.39 is 22.0 Å². The Labute approximate surface area is 105 Å². The lowest BCUT2D eigenvalue weighted by Gasteiger charge is -2.17. The van der Waals surface area contributed by atoms with Gasteiger partial charge in [0.15, 0.2) is 5.76 Å². The largest absolute Gasteiger partial charge is 0.480 e. The maximum atomic E-state index is 12.1. The highest BCUT2D eigenvalue weighted by atomic mass is 32.2. The number of rotatable bonds is 5. The third-order valence-corrected chi connectivity index (χ3v) is 4.14. The van der Waals surface area contributed by atoms with E-state index in [9.17, 15) is 13.2 Å². The number of aromatic nitrogens is 1. The van der Waals surface area contributed by atoms with Crippen molar-refractivity contribution in [2.75, 3.05) is 0 Å². The SMILES string of the molecule is Cc1noc(C)c1S(=O)(=O)NC(C(=O)O)C(C)C. The van der Waals surface area contributed by atoms with Gasteiger partial charge in [0.2, 0.25) is 10.0 Å². The summed E-state index contributed by atoms with van der Waals surface area (Å²) in [5.74, 6) is -1.47. The lowest BCUT2D eigenvalue weighted by Crippen LogP contribution is -2.44. The molecule has 1 aromatic heterocycles. The smallest absolute Gasteiger partial charge is 0.322 e. The van der Waals surface area contributed by atoms with E-state index in [0.29, 0.717) is 0 Å². The van der Waals surface area contributed by atoms with Gasteiger partial charge in [-0.25, -0.2) is 8.42 Å². The first-order chi connectivity index (χ1) is 8.16. The molecule has 0 bridgehead atoms. The number of carboxylic acid groups (broad SMARTS) is 1. The van der Waals surface area contributed by atoms with Gasteiger partial charge in [-0.1, -0.05) is 19.0 Å². The van der Waals surface area contributed by atoms with Crippen LogP contribution >= 0.6 is 0 Å². The van der Waals surface area contributed by atoms with Gasteiger partial charge in [-0.3, -0.25) is 4.79 Å². The molecule has 1 unspecified atom stereocenters. The third-order valence-electron chi connectivity index (χ3n) is 2.45. The van der Waals surface area contributed by atoms with Crippen LogP contribution in [0.2, 0.25) is 0 Å². The number of hydrogen-bond donors (Lipinski definition) is 2. The summed E-state index contributed by atoms with van der Waals surface area (Å²) < 4.78 is 31.1. The van der Waals surface area contributed by atoms with Crippen molar-refractivity contribution in [3.63, 3.8) is 0 Å². The van der Waals surface area contributed by atoms with Crippen molar-refractivity contribution in [2.24, 2.45) is 5.92 Å². The minimum absolute atomic E-state index is 0.102. The fraction of sp³-hybridized carbons (Fsp3) is 0.600. The standard InChI is InChI=1S/C10H16N2O5S/c1-5(2)8(10(13)14)12-18(15,16)9-6(3)11-17-7(9)4/h5,8,12H,1-4H3,(H,13,14). The molecule has 0 aliphatic rings. The summed E-state index contributed by atoms with van der Waals surface area (Å²) >= 11 is 0. The Hall–Kier alpha value is -1.41. The molecule has 0 spiro atoms. The molecule has 0 amide bonds. The van der Waals surface area contributed by atoms with E-state index in [0.717, 1.165) is 0 Å². The Morgan fingerprint density at radius 1 is 1.39 bits per heavy atom. The number of sulfonamides is 1. The summed E-state index contributed by atoms with van der Waals surface area (Å²) in [5, 5.41) is 12.5. The molecular formula is C10H16N2O5S. The molecule has 18 heavy (non-hydrogen) atoms. The van der Waals surface area contributed by atoms with E-state index in [4.69, 9.17) is 9.63 Å². The van der Waals surface area contributed by atoms with Crippen molar-refractivity contribution in [3.05, 3.63) is 11.5 Å². The van der Waals surface area contributed by atoms with E-state index in [1.807, 2.05) is 0 Å². The Balaban J connectivity index is 3.13. The number of carbonyl (C=O) groups is 1. The van der Waals surface area contributed by atoms with Crippen molar-refractivity contribution in [2.45, 2.75) is 38.6 Å². The second-order valence-corrected chi connectivity index (χ2v) is 5.99. The molecule has 1 heterocycles. The molecule has 0 saturated heterocycles. The molecule has 1 aromatic rings. The maximum absolute atomic E-state index is 12.1. The van der Waals surface area contributed by atoms with E-state index in [1.165, 1.54) is 13.8 Å². The molecule has 1 rings (SSSR count). The summed E-state index contributed by atoms with van der Waals surface area (Å²) in [6, 6.07) is -1.19. The second-order valence-electron chi connectivity index (χ2n) is 4.33. The van der Waals surface area contributed by atoms with Crippen LogP contribution in [0, 0.1) is 19.8 Å². The molecule has 2 N–H and O–H groups in total. The molecule has 102 valence electrons. The van der Waals surface area contributed by atoms with E-state index >= 15 is 0 Å². The van der Waals surface area contributed by atoms with Gasteiger partial charge in [0, 0.05) is 0 Å². The first kappa shape index (κ1) is 14.7. The van der Waals surface area contributed by atoms with Crippen LogP contribution in [-0.4, -0.2) is 30.7 Å². The molecule has 1 atom stereocenters. The average Bonchev–Trinajstić information content (AvgIpc) is 2.54. The molecular weight excluding hydrogens is 260 g/mol. The summed E-state index contributed by atoms with van der Waals surface area (Å²) in [5.41, 5.74) is 0.202. The lowest BCUT2D eigenvalue weighted by atomic mass is 10.1. The zero-order valence-corrected chi connectivity index (χ0v) is 11.4. The molecule has 0 aliphatic carbocycles. The summed E-state index contributed by atoms with van der Waals surface area (Å²) in [7, 11) is -3.95. The van der Waals surface area contributed by atoms with Gasteiger partial charge in [0.05, 0.1) is 0 Å². The van der Waals surface area contributed by atoms with Crippen LogP contribution in [0.25, 0.3) is 0 Å². The van der Waals surface area contributed by atoms with Crippen molar-refractivity contribution >= 4 is 16.0 Å². The van der Waals surface area contributed by atoms with Crippen LogP contribution in [0.15, 0.2) is 9.42 Å². The molecule has 0 aromatic carbocycles. The predicted molar refractivity (Wildman–Crippen MR) is 62.6 cm³/mol. The Morgan fingerprint density at radius 3 is 2.28 bits per heavy atom. The van der Waals surface area contributed by atoms with Gasteiger partial charge in [-0.05, 0) is 19.8 Å². The van der Waals surface area contributed by atoms with Crippen LogP contribution in [0.4, 0.5) is 0 Å². The quantitative estimate of drug-likeness (QED) is 0.818. The summed E-state index contributed by atoms with van der Waals surface area (Å²) in [4.78, 5) is 10.9. The Bertz CT molecular complexity index is 527. The highest BCUT2D eigenvalue weighted by Crippen LogP contribution is 2.19. The molecule has 0 aliphatic heterocycles. The normalized spacial score (nSPS) is 13.8. The molecule has 7 nitrogen and oxygen atoms in total. The Kier molecular flexibility index (Phi) is 4.12. The van der Waals surface area contributed by atoms with Crippen LogP contribution < -0.4 is 4.72 Å². The van der Waals surface area contributed by atoms with E-state index in [2.05, 4.69) is 9.88 Å². The van der Waals surface area contributed by atoms with Gasteiger partial charge in [-0.15, -0.1) is 0 Å². The topological polar surface area (TPSA) is 110 Å². The fourth-order valence-corrected chi connectivity index (χ4v) is 3.22. The summed E-state index contributed by atoms with van der Waals surface area (Å²) in [6.45, 7) is 6.18. The van der Waals surface area contributed by atoms with Crippen molar-refractivity contribution < 1.29 is 22.8 Å². The monoisotopic (exact) mass is 276 g/mol. The van der Waals surface area contributed by atoms with Gasteiger partial charge >= 0.3 is 5.97 Å². The van der Waals surface area contributed by atoms with Crippen LogP contribution in [0.1, 0.15) is 25.3 Å². The zero-order valence-electron chi connectivity index (χ0n) is 10.6. The predicted octanol–water partition coefficient (Wildman–Crippen LogP) is 0.679. The molecule has 0 saturated carbocycles. The fourth-order valence-electron chi connectivity index (χ4n) is 1.56. The van der Waals surface area contributed by atoms with E-state index in [-0.39, 0.29) is 22.3 Å². The number of aryl methyl sites for hydroxylation is 2. The van der Waals surface area contributed by atoms with Crippen LogP contribution in [0.5, 0.6) is 0 Å². The van der Waals surface area contributed by atoms with Crippen LogP contribution in [-0.2, 0) is 14.8 Å². The highest BCUT2D eigenvalue weighted by Gasteiger charge is 2.31. The minimum Gasteiger partial charge on any atom is -0.480 e. The number of hydrogen-bond acceptors (Lipinski definition) is 5. The number of nitrogens with zero attached hydrogens (tertiary/aromatic N) is 1. The van der Waals surface area contributed by atoms with Gasteiger partial charge in [0.1, 0.15) is 16.6 Å². The van der Waals surface area contributed by atoms with Gasteiger partial charge in [-0.2, -0.15) is 4.72 Å². The zero-order chi connectivity index (χ0) is 14.1. The number of nitrogens with one attached hydrogen (secondary N) is 1. The number of carboxylic acids is 1. The van der Waals surface area contributed by atoms with Crippen molar-refractivity contribution in [1.82, 2.24) is 9.88 Å². The third kappa shape index (κ3) is 2.88. The minimum atomic E-state index is -3.95. The first-order valence-electron chi connectivity index (χ1n) is 5.35. The van der Waals surface area contributed by atoms with E-state index in [1.54, 1.807) is 13.8 Å². The van der Waals surface area contributed by atoms with Crippen molar-refractivity contribution in [3.8, 4) is 0 Å². The van der Waals surface area contributed by atoms with Crippen LogP contribution in [0.3, 0.4) is 0 Å². The first-order valence-corrected chi connectivity index (χ1v) is 6.83. The molecule has 0 fully saturated rings. The highest BCUT2D eigenvalue weighted by molar-refractivity contribution is 7.89. The van der Waals surface area contributed by atoms with Crippen molar-refractivity contribution in [1.29, 1.82) is 0 Å². The van der Waals surface area contributed by atoms with Gasteiger partial charge < -0.3 is 9.63 Å². The maximum Gasteiger partial charge on any atom is 0.322 e. The Morgan fingerprint density at radius 2 is 1.94 bits per heavy atom. The number of aliphatic carboxylic acids is 1. The van der Waals surface area contributed by atoms with Gasteiger partial charge in [0.25, 0.3) is 0 Å². The molecule has 8 heteroatoms. The second kappa shape index (κ2) is 5.07. The lowest BCUT2D eigenvalue weighted by molar-refractivity contribution is -0.140. The summed E-state index contributed by atoms with van der Waals surface area (Å²) in [6.07, 6.45) is 0. The average molecular weight is 276 g/mol. The molecule has 0 radical (unpaired) electrons.